The molecule has 0 saturated carbocycles. The van der Waals surface area contributed by atoms with Crippen molar-refractivity contribution in [1.29, 1.82) is 0 Å². The molecule has 4 nitrogen and oxygen atoms in total. The summed E-state index contributed by atoms with van der Waals surface area (Å²) in [4.78, 5) is 11.6. The molecule has 2 heterocycles. The fourth-order valence-corrected chi connectivity index (χ4v) is 2.28. The normalized spacial score (nSPS) is 26.7. The minimum atomic E-state index is -0.915. The third kappa shape index (κ3) is 2.32. The lowest BCUT2D eigenvalue weighted by Gasteiger charge is -2.36. The van der Waals surface area contributed by atoms with Crippen LogP contribution in [0.4, 0.5) is 0 Å². The second-order valence-electron chi connectivity index (χ2n) is 4.19. The van der Waals surface area contributed by atoms with Crippen molar-refractivity contribution in [1.82, 2.24) is 0 Å². The second-order valence-corrected chi connectivity index (χ2v) is 4.97. The van der Waals surface area contributed by atoms with Crippen molar-refractivity contribution in [3.63, 3.8) is 0 Å². The zero-order chi connectivity index (χ0) is 11.8. The SMILES string of the molecule is CC1(C)OCC(=O)[C@H]([C@@H](O)c2ccsc2)O1. The van der Waals surface area contributed by atoms with Crippen molar-refractivity contribution in [3.8, 4) is 0 Å². The Labute approximate surface area is 97.8 Å². The average Bonchev–Trinajstić information content (AvgIpc) is 2.74. The van der Waals surface area contributed by atoms with Gasteiger partial charge in [-0.3, -0.25) is 4.79 Å². The van der Waals surface area contributed by atoms with Gasteiger partial charge in [0.15, 0.2) is 17.7 Å². The molecule has 1 aromatic rings. The lowest BCUT2D eigenvalue weighted by atomic mass is 10.0. The molecule has 0 radical (unpaired) electrons. The summed E-state index contributed by atoms with van der Waals surface area (Å²) in [5.74, 6) is -1.05. The summed E-state index contributed by atoms with van der Waals surface area (Å²) in [7, 11) is 0. The van der Waals surface area contributed by atoms with Gasteiger partial charge in [0.25, 0.3) is 0 Å². The predicted octanol–water partition coefficient (Wildman–Crippen LogP) is 1.50. The first-order chi connectivity index (χ1) is 7.49. The maximum atomic E-state index is 11.6. The Hall–Kier alpha value is -0.750. The molecule has 1 N–H and O–H groups in total. The van der Waals surface area contributed by atoms with E-state index in [4.69, 9.17) is 9.47 Å². The quantitative estimate of drug-likeness (QED) is 0.854. The number of carbonyl (C=O) groups is 1. The molecule has 1 aliphatic heterocycles. The van der Waals surface area contributed by atoms with E-state index in [9.17, 15) is 9.90 Å². The molecule has 1 aliphatic rings. The van der Waals surface area contributed by atoms with Gasteiger partial charge < -0.3 is 14.6 Å². The van der Waals surface area contributed by atoms with E-state index in [2.05, 4.69) is 0 Å². The van der Waals surface area contributed by atoms with E-state index in [1.807, 2.05) is 10.8 Å². The van der Waals surface area contributed by atoms with Gasteiger partial charge in [0.1, 0.15) is 12.7 Å². The highest BCUT2D eigenvalue weighted by atomic mass is 32.1. The minimum absolute atomic E-state index is 0.0150. The Morgan fingerprint density at radius 3 is 3.00 bits per heavy atom. The molecule has 0 unspecified atom stereocenters. The molecule has 0 spiro atoms. The van der Waals surface area contributed by atoms with Crippen LogP contribution in [0.15, 0.2) is 16.8 Å². The molecule has 0 amide bonds. The number of ketones is 1. The largest absolute Gasteiger partial charge is 0.385 e. The van der Waals surface area contributed by atoms with Gasteiger partial charge in [-0.1, -0.05) is 0 Å². The summed E-state index contributed by atoms with van der Waals surface area (Å²) in [6.45, 7) is 3.44. The van der Waals surface area contributed by atoms with E-state index >= 15 is 0 Å². The Kier molecular flexibility index (Phi) is 3.12. The van der Waals surface area contributed by atoms with Crippen LogP contribution in [-0.2, 0) is 14.3 Å². The van der Waals surface area contributed by atoms with Crippen LogP contribution < -0.4 is 0 Å². The van der Waals surface area contributed by atoms with E-state index in [0.29, 0.717) is 5.56 Å². The number of hydrogen-bond donors (Lipinski definition) is 1. The number of Topliss-reactive ketones (excluding diaryl/α,β-unsaturated/α-hetero) is 1. The fraction of sp³-hybridized carbons (Fsp3) is 0.545. The van der Waals surface area contributed by atoms with Crippen LogP contribution in [0.1, 0.15) is 25.5 Å². The molecule has 0 aromatic carbocycles. The third-order valence-corrected chi connectivity index (χ3v) is 3.16. The summed E-state index contributed by atoms with van der Waals surface area (Å²) in [5, 5.41) is 13.7. The molecule has 2 atom stereocenters. The second kappa shape index (κ2) is 4.25. The van der Waals surface area contributed by atoms with Gasteiger partial charge in [0.2, 0.25) is 0 Å². The molecule has 5 heteroatoms. The molecule has 0 aliphatic carbocycles. The number of hydrogen-bond acceptors (Lipinski definition) is 5. The zero-order valence-electron chi connectivity index (χ0n) is 9.17. The van der Waals surface area contributed by atoms with Crippen LogP contribution >= 0.6 is 11.3 Å². The monoisotopic (exact) mass is 242 g/mol. The molecule has 0 bridgehead atoms. The Bertz CT molecular complexity index is 371. The maximum absolute atomic E-state index is 11.6. The van der Waals surface area contributed by atoms with Crippen molar-refractivity contribution in [3.05, 3.63) is 22.4 Å². The number of carbonyl (C=O) groups excluding carboxylic acids is 1. The van der Waals surface area contributed by atoms with Gasteiger partial charge >= 0.3 is 0 Å². The zero-order valence-corrected chi connectivity index (χ0v) is 9.99. The molecular weight excluding hydrogens is 228 g/mol. The Morgan fingerprint density at radius 1 is 1.62 bits per heavy atom. The van der Waals surface area contributed by atoms with E-state index in [0.717, 1.165) is 0 Å². The van der Waals surface area contributed by atoms with Gasteiger partial charge in [-0.15, -0.1) is 0 Å². The first kappa shape index (κ1) is 11.7. The van der Waals surface area contributed by atoms with Crippen molar-refractivity contribution < 1.29 is 19.4 Å². The van der Waals surface area contributed by atoms with E-state index in [1.54, 1.807) is 19.9 Å². The van der Waals surface area contributed by atoms with E-state index in [-0.39, 0.29) is 12.4 Å². The van der Waals surface area contributed by atoms with E-state index in [1.165, 1.54) is 11.3 Å². The molecule has 1 fully saturated rings. The standard InChI is InChI=1S/C11H14O4S/c1-11(2)14-5-8(12)10(15-11)9(13)7-3-4-16-6-7/h3-4,6,9-10,13H,5H2,1-2H3/t9-,10+/m0/s1. The van der Waals surface area contributed by atoms with Crippen LogP contribution in [0.5, 0.6) is 0 Å². The van der Waals surface area contributed by atoms with Gasteiger partial charge in [-0.05, 0) is 36.2 Å². The number of aliphatic hydroxyl groups is 1. The summed E-state index contributed by atoms with van der Waals surface area (Å²) in [6.07, 6.45) is -1.75. The van der Waals surface area contributed by atoms with Crippen molar-refractivity contribution in [2.75, 3.05) is 6.61 Å². The molecule has 88 valence electrons. The third-order valence-electron chi connectivity index (χ3n) is 2.46. The highest BCUT2D eigenvalue weighted by molar-refractivity contribution is 7.07. The first-order valence-corrected chi connectivity index (χ1v) is 5.98. The van der Waals surface area contributed by atoms with Crippen LogP contribution in [0.3, 0.4) is 0 Å². The van der Waals surface area contributed by atoms with Crippen LogP contribution in [-0.4, -0.2) is 29.4 Å². The number of ether oxygens (including phenoxy) is 2. The number of aliphatic hydroxyl groups excluding tert-OH is 1. The first-order valence-electron chi connectivity index (χ1n) is 5.04. The minimum Gasteiger partial charge on any atom is -0.385 e. The maximum Gasteiger partial charge on any atom is 0.190 e. The average molecular weight is 242 g/mol. The van der Waals surface area contributed by atoms with Gasteiger partial charge in [-0.2, -0.15) is 11.3 Å². The van der Waals surface area contributed by atoms with Gasteiger partial charge in [0.05, 0.1) is 0 Å². The van der Waals surface area contributed by atoms with Gasteiger partial charge in [-0.25, -0.2) is 0 Å². The van der Waals surface area contributed by atoms with Crippen molar-refractivity contribution >= 4 is 17.1 Å². The highest BCUT2D eigenvalue weighted by Gasteiger charge is 2.39. The van der Waals surface area contributed by atoms with E-state index < -0.39 is 18.0 Å². The van der Waals surface area contributed by atoms with Crippen molar-refractivity contribution in [2.24, 2.45) is 0 Å². The van der Waals surface area contributed by atoms with Crippen LogP contribution in [0.2, 0.25) is 0 Å². The van der Waals surface area contributed by atoms with Crippen molar-refractivity contribution in [2.45, 2.75) is 31.8 Å². The molecular formula is C11H14O4S. The Morgan fingerprint density at radius 2 is 2.38 bits per heavy atom. The molecule has 1 saturated heterocycles. The van der Waals surface area contributed by atoms with Gasteiger partial charge in [0, 0.05) is 0 Å². The fourth-order valence-electron chi connectivity index (χ4n) is 1.59. The smallest absolute Gasteiger partial charge is 0.190 e. The molecule has 1 aromatic heterocycles. The Balaban J connectivity index is 2.16. The number of thiophene rings is 1. The van der Waals surface area contributed by atoms with Crippen LogP contribution in [0.25, 0.3) is 0 Å². The summed E-state index contributed by atoms with van der Waals surface area (Å²) in [6, 6.07) is 1.79. The topological polar surface area (TPSA) is 55.8 Å². The lowest BCUT2D eigenvalue weighted by molar-refractivity contribution is -0.271. The summed E-state index contributed by atoms with van der Waals surface area (Å²) < 4.78 is 10.6. The summed E-state index contributed by atoms with van der Waals surface area (Å²) in [5.41, 5.74) is 0.709. The number of rotatable bonds is 2. The summed E-state index contributed by atoms with van der Waals surface area (Å²) >= 11 is 1.47. The molecule has 16 heavy (non-hydrogen) atoms. The van der Waals surface area contributed by atoms with Crippen LogP contribution in [0, 0.1) is 0 Å². The lowest BCUT2D eigenvalue weighted by Crippen LogP contribution is -2.48. The predicted molar refractivity (Wildman–Crippen MR) is 59.2 cm³/mol. The highest BCUT2D eigenvalue weighted by Crippen LogP contribution is 2.29. The molecule has 2 rings (SSSR count).